The maximum absolute atomic E-state index is 13.0. The van der Waals surface area contributed by atoms with E-state index in [0.717, 1.165) is 0 Å². The smallest absolute Gasteiger partial charge is 0.327 e. The van der Waals surface area contributed by atoms with Gasteiger partial charge < -0.3 is 37.0 Å². The van der Waals surface area contributed by atoms with Gasteiger partial charge in [-0.15, -0.1) is 0 Å². The minimum absolute atomic E-state index is 0.00680. The predicted octanol–water partition coefficient (Wildman–Crippen LogP) is -1.14. The van der Waals surface area contributed by atoms with Gasteiger partial charge in [-0.05, 0) is 43.0 Å². The molecule has 1 aromatic rings. The third-order valence-corrected chi connectivity index (χ3v) is 5.88. The molecule has 1 rings (SSSR count). The highest BCUT2D eigenvalue weighted by Crippen LogP contribution is 2.12. The Morgan fingerprint density at radius 1 is 1.00 bits per heavy atom. The molecule has 5 unspecified atom stereocenters. The van der Waals surface area contributed by atoms with Gasteiger partial charge in [-0.1, -0.05) is 12.1 Å². The number of benzene rings is 1. The zero-order valence-corrected chi connectivity index (χ0v) is 20.6. The van der Waals surface area contributed by atoms with Gasteiger partial charge in [0.05, 0.1) is 6.10 Å². The molecule has 0 radical (unpaired) electrons. The number of phenols is 1. The van der Waals surface area contributed by atoms with Gasteiger partial charge in [-0.25, -0.2) is 4.79 Å². The molecule has 0 aliphatic carbocycles. The number of aliphatic hydroxyl groups is 1. The predicted molar refractivity (Wildman–Crippen MR) is 132 cm³/mol. The van der Waals surface area contributed by atoms with E-state index in [-0.39, 0.29) is 24.3 Å². The van der Waals surface area contributed by atoms with Crippen molar-refractivity contribution in [3.8, 4) is 5.75 Å². The highest BCUT2D eigenvalue weighted by molar-refractivity contribution is 7.98. The van der Waals surface area contributed by atoms with E-state index in [0.29, 0.717) is 11.3 Å². The summed E-state index contributed by atoms with van der Waals surface area (Å²) in [6.07, 6.45) is 0.912. The largest absolute Gasteiger partial charge is 0.508 e. The Morgan fingerprint density at radius 3 is 2.03 bits per heavy atom. The monoisotopic (exact) mass is 516 g/mol. The fourth-order valence-electron chi connectivity index (χ4n) is 2.80. The number of nitrogens with two attached hydrogens (primary N) is 1. The van der Waals surface area contributed by atoms with Crippen LogP contribution in [0.5, 0.6) is 5.75 Å². The number of amides is 3. The highest BCUT2D eigenvalue weighted by Gasteiger charge is 2.30. The van der Waals surface area contributed by atoms with Crippen molar-refractivity contribution in [1.29, 1.82) is 0 Å². The Hall–Kier alpha value is -2.48. The average Bonchev–Trinajstić information content (AvgIpc) is 2.79. The lowest BCUT2D eigenvalue weighted by Gasteiger charge is -2.25. The normalized spacial score (nSPS) is 15.3. The SMILES string of the molecule is CSCCC(NC(=O)C(N)C(C)O)C(=O)NC(Cc1ccc(O)cc1)C(=O)NC(CS)C(=O)O. The van der Waals surface area contributed by atoms with Crippen molar-refractivity contribution < 1.29 is 34.5 Å². The lowest BCUT2D eigenvalue weighted by atomic mass is 10.0. The first-order chi connectivity index (χ1) is 16.0. The zero-order valence-electron chi connectivity index (χ0n) is 18.9. The maximum Gasteiger partial charge on any atom is 0.327 e. The van der Waals surface area contributed by atoms with Gasteiger partial charge in [0.1, 0.15) is 29.9 Å². The van der Waals surface area contributed by atoms with Crippen LogP contribution in [0.1, 0.15) is 18.9 Å². The molecule has 0 spiro atoms. The molecule has 190 valence electrons. The van der Waals surface area contributed by atoms with Crippen LogP contribution in [0.3, 0.4) is 0 Å². The van der Waals surface area contributed by atoms with Gasteiger partial charge in [0.2, 0.25) is 17.7 Å². The van der Waals surface area contributed by atoms with Crippen molar-refractivity contribution in [2.45, 2.75) is 50.0 Å². The fourth-order valence-corrected chi connectivity index (χ4v) is 3.52. The summed E-state index contributed by atoms with van der Waals surface area (Å²) >= 11 is 5.37. The summed E-state index contributed by atoms with van der Waals surface area (Å²) in [4.78, 5) is 49.5. The van der Waals surface area contributed by atoms with Crippen molar-refractivity contribution in [1.82, 2.24) is 16.0 Å². The van der Waals surface area contributed by atoms with E-state index in [1.54, 1.807) is 12.1 Å². The van der Waals surface area contributed by atoms with E-state index >= 15 is 0 Å². The van der Waals surface area contributed by atoms with Crippen LogP contribution >= 0.6 is 24.4 Å². The van der Waals surface area contributed by atoms with E-state index in [9.17, 15) is 34.5 Å². The first-order valence-corrected chi connectivity index (χ1v) is 12.5. The Bertz CT molecular complexity index is 839. The molecular formula is C21H32N4O7S2. The number of phenolic OH excluding ortho intramolecular Hbond substituents is 1. The molecule has 0 fully saturated rings. The van der Waals surface area contributed by atoms with Gasteiger partial charge in [0.15, 0.2) is 0 Å². The number of hydrogen-bond donors (Lipinski definition) is 8. The zero-order chi connectivity index (χ0) is 25.8. The van der Waals surface area contributed by atoms with Crippen LogP contribution in [0, 0.1) is 0 Å². The number of thioether (sulfide) groups is 1. The number of aliphatic hydroxyl groups excluding tert-OH is 1. The Morgan fingerprint density at radius 2 is 1.53 bits per heavy atom. The number of carbonyl (C=O) groups is 4. The molecule has 11 nitrogen and oxygen atoms in total. The summed E-state index contributed by atoms with van der Waals surface area (Å²) in [7, 11) is 0. The summed E-state index contributed by atoms with van der Waals surface area (Å²) < 4.78 is 0. The van der Waals surface area contributed by atoms with Gasteiger partial charge in [0, 0.05) is 12.2 Å². The second-order valence-corrected chi connectivity index (χ2v) is 8.97. The van der Waals surface area contributed by atoms with Gasteiger partial charge >= 0.3 is 5.97 Å². The van der Waals surface area contributed by atoms with Gasteiger partial charge in [0.25, 0.3) is 0 Å². The summed E-state index contributed by atoms with van der Waals surface area (Å²) in [5.41, 5.74) is 6.25. The Balaban J connectivity index is 3.10. The first-order valence-electron chi connectivity index (χ1n) is 10.4. The number of rotatable bonds is 14. The molecule has 0 aliphatic heterocycles. The molecular weight excluding hydrogens is 484 g/mol. The van der Waals surface area contributed by atoms with Gasteiger partial charge in [-0.2, -0.15) is 24.4 Å². The van der Waals surface area contributed by atoms with E-state index in [2.05, 4.69) is 28.6 Å². The number of carbonyl (C=O) groups excluding carboxylic acids is 3. The number of thiol groups is 1. The number of aliphatic carboxylic acids is 1. The molecule has 34 heavy (non-hydrogen) atoms. The molecule has 5 atom stereocenters. The summed E-state index contributed by atoms with van der Waals surface area (Å²) in [6, 6.07) is 1.21. The quantitative estimate of drug-likeness (QED) is 0.141. The average molecular weight is 517 g/mol. The van der Waals surface area contributed by atoms with E-state index < -0.39 is 54.0 Å². The molecule has 1 aromatic carbocycles. The third-order valence-electron chi connectivity index (χ3n) is 4.87. The van der Waals surface area contributed by atoms with Crippen LogP contribution in [0.15, 0.2) is 24.3 Å². The van der Waals surface area contributed by atoms with Crippen molar-refractivity contribution in [2.24, 2.45) is 5.73 Å². The number of carboxylic acid groups (broad SMARTS) is 1. The van der Waals surface area contributed by atoms with Crippen molar-refractivity contribution >= 4 is 48.1 Å². The molecule has 0 aliphatic rings. The van der Waals surface area contributed by atoms with Crippen molar-refractivity contribution in [3.63, 3.8) is 0 Å². The molecule has 8 N–H and O–H groups in total. The second-order valence-electron chi connectivity index (χ2n) is 7.62. The first kappa shape index (κ1) is 29.6. The lowest BCUT2D eigenvalue weighted by molar-refractivity contribution is -0.141. The lowest BCUT2D eigenvalue weighted by Crippen LogP contribution is -2.58. The molecule has 0 saturated heterocycles. The van der Waals surface area contributed by atoms with E-state index in [1.807, 2.05) is 6.26 Å². The van der Waals surface area contributed by atoms with Gasteiger partial charge in [-0.3, -0.25) is 14.4 Å². The third kappa shape index (κ3) is 9.79. The number of hydrogen-bond acceptors (Lipinski definition) is 9. The number of aromatic hydroxyl groups is 1. The Kier molecular flexibility index (Phi) is 12.8. The van der Waals surface area contributed by atoms with Crippen LogP contribution in [0.2, 0.25) is 0 Å². The van der Waals surface area contributed by atoms with Crippen LogP contribution in [0.4, 0.5) is 0 Å². The number of carboxylic acids is 1. The van der Waals surface area contributed by atoms with Crippen molar-refractivity contribution in [3.05, 3.63) is 29.8 Å². The maximum atomic E-state index is 13.0. The van der Waals surface area contributed by atoms with E-state index in [4.69, 9.17) is 5.73 Å². The molecule has 0 heterocycles. The summed E-state index contributed by atoms with van der Waals surface area (Å²) in [6.45, 7) is 1.35. The van der Waals surface area contributed by atoms with Crippen LogP contribution in [-0.2, 0) is 25.6 Å². The topological polar surface area (TPSA) is 191 Å². The fraction of sp³-hybridized carbons (Fsp3) is 0.524. The van der Waals surface area contributed by atoms with E-state index in [1.165, 1.54) is 30.8 Å². The second kappa shape index (κ2) is 14.7. The standard InChI is InChI=1S/C21H32N4O7S2/c1-11(26)17(22)20(30)23-14(7-8-34-2)18(28)24-15(9-12-3-5-13(27)6-4-12)19(29)25-16(10-33)21(31)32/h3-6,11,14-17,26-27,33H,7-10,22H2,1-2H3,(H,23,30)(H,24,28)(H,25,29)(H,31,32). The molecule has 0 saturated carbocycles. The number of nitrogens with one attached hydrogen (secondary N) is 3. The Labute approximate surface area is 207 Å². The minimum Gasteiger partial charge on any atom is -0.508 e. The van der Waals surface area contributed by atoms with Crippen LogP contribution in [-0.4, -0.2) is 87.0 Å². The molecule has 0 bridgehead atoms. The molecule has 13 heteroatoms. The molecule has 3 amide bonds. The minimum atomic E-state index is -1.28. The van der Waals surface area contributed by atoms with Crippen molar-refractivity contribution in [2.75, 3.05) is 17.8 Å². The van der Waals surface area contributed by atoms with Crippen LogP contribution < -0.4 is 21.7 Å². The summed E-state index contributed by atoms with van der Waals surface area (Å²) in [5, 5.41) is 35.7. The summed E-state index contributed by atoms with van der Waals surface area (Å²) in [5.74, 6) is -3.06. The highest BCUT2D eigenvalue weighted by atomic mass is 32.2. The van der Waals surface area contributed by atoms with Crippen LogP contribution in [0.25, 0.3) is 0 Å². The molecule has 0 aromatic heterocycles.